The zero-order valence-electron chi connectivity index (χ0n) is 13.0. The first-order valence-electron chi connectivity index (χ1n) is 7.23. The van der Waals surface area contributed by atoms with Crippen LogP contribution in [0.3, 0.4) is 0 Å². The van der Waals surface area contributed by atoms with Crippen LogP contribution in [-0.4, -0.2) is 32.5 Å². The van der Waals surface area contributed by atoms with Crippen LogP contribution in [0, 0.1) is 0 Å². The average molecular weight is 281 g/mol. The molecule has 0 aliphatic heterocycles. The van der Waals surface area contributed by atoms with E-state index < -0.39 is 0 Å². The Labute approximate surface area is 122 Å². The van der Waals surface area contributed by atoms with Gasteiger partial charge in [-0.05, 0) is 44.9 Å². The third kappa shape index (κ3) is 5.80. The van der Waals surface area contributed by atoms with Gasteiger partial charge in [-0.15, -0.1) is 0 Å². The van der Waals surface area contributed by atoms with Gasteiger partial charge in [-0.3, -0.25) is 0 Å². The maximum Gasteiger partial charge on any atom is 0.161 e. The van der Waals surface area contributed by atoms with Crippen LogP contribution < -0.4 is 15.2 Å². The van der Waals surface area contributed by atoms with Gasteiger partial charge >= 0.3 is 0 Å². The molecule has 0 saturated carbocycles. The van der Waals surface area contributed by atoms with Crippen LogP contribution in [-0.2, 0) is 11.2 Å². The molecule has 0 spiro atoms. The molecule has 2 atom stereocenters. The Bertz CT molecular complexity index is 393. The fourth-order valence-corrected chi connectivity index (χ4v) is 1.98. The Morgan fingerprint density at radius 1 is 1.20 bits per heavy atom. The highest BCUT2D eigenvalue weighted by molar-refractivity contribution is 5.43. The topological polar surface area (TPSA) is 53.7 Å². The molecule has 114 valence electrons. The van der Waals surface area contributed by atoms with Gasteiger partial charge in [0.1, 0.15) is 0 Å². The normalized spacial score (nSPS) is 13.8. The average Bonchev–Trinajstić information content (AvgIpc) is 2.39. The van der Waals surface area contributed by atoms with E-state index in [9.17, 15) is 0 Å². The zero-order valence-corrected chi connectivity index (χ0v) is 13.0. The smallest absolute Gasteiger partial charge is 0.161 e. The number of hydrogen-bond acceptors (Lipinski definition) is 4. The molecule has 20 heavy (non-hydrogen) atoms. The van der Waals surface area contributed by atoms with E-state index in [0.717, 1.165) is 24.3 Å². The summed E-state index contributed by atoms with van der Waals surface area (Å²) >= 11 is 0. The predicted molar refractivity (Wildman–Crippen MR) is 81.5 cm³/mol. The quantitative estimate of drug-likeness (QED) is 0.756. The summed E-state index contributed by atoms with van der Waals surface area (Å²) < 4.78 is 16.7. The van der Waals surface area contributed by atoms with Gasteiger partial charge < -0.3 is 19.9 Å². The van der Waals surface area contributed by atoms with Crippen molar-refractivity contribution in [3.63, 3.8) is 0 Å². The SMILES string of the molecule is CCOc1cc(CC(C)N)ccc1OC(C)CCOC. The van der Waals surface area contributed by atoms with E-state index in [1.54, 1.807) is 7.11 Å². The second-order valence-corrected chi connectivity index (χ2v) is 5.11. The minimum atomic E-state index is 0.0911. The maximum atomic E-state index is 5.92. The number of nitrogens with two attached hydrogens (primary N) is 1. The van der Waals surface area contributed by atoms with Crippen molar-refractivity contribution in [1.29, 1.82) is 0 Å². The van der Waals surface area contributed by atoms with Crippen molar-refractivity contribution in [3.05, 3.63) is 23.8 Å². The van der Waals surface area contributed by atoms with Crippen LogP contribution in [0.4, 0.5) is 0 Å². The van der Waals surface area contributed by atoms with E-state index in [-0.39, 0.29) is 12.1 Å². The maximum absolute atomic E-state index is 5.92. The molecule has 4 heteroatoms. The zero-order chi connectivity index (χ0) is 15.0. The molecule has 1 aromatic carbocycles. The Kier molecular flexibility index (Phi) is 7.41. The lowest BCUT2D eigenvalue weighted by Crippen LogP contribution is -2.18. The molecule has 0 saturated heterocycles. The number of benzene rings is 1. The first kappa shape index (κ1) is 16.8. The minimum absolute atomic E-state index is 0.0911. The van der Waals surface area contributed by atoms with Crippen molar-refractivity contribution in [1.82, 2.24) is 0 Å². The van der Waals surface area contributed by atoms with E-state index >= 15 is 0 Å². The molecular formula is C16H27NO3. The lowest BCUT2D eigenvalue weighted by Gasteiger charge is -2.18. The molecule has 2 N–H and O–H groups in total. The number of ether oxygens (including phenoxy) is 3. The van der Waals surface area contributed by atoms with Crippen LogP contribution in [0.15, 0.2) is 18.2 Å². The molecule has 2 unspecified atom stereocenters. The summed E-state index contributed by atoms with van der Waals surface area (Å²) in [5, 5.41) is 0. The summed E-state index contributed by atoms with van der Waals surface area (Å²) in [5.74, 6) is 1.57. The molecule has 4 nitrogen and oxygen atoms in total. The highest BCUT2D eigenvalue weighted by Crippen LogP contribution is 2.30. The monoisotopic (exact) mass is 281 g/mol. The fraction of sp³-hybridized carbons (Fsp3) is 0.625. The Hall–Kier alpha value is -1.26. The Balaban J connectivity index is 2.78. The summed E-state index contributed by atoms with van der Waals surface area (Å²) in [4.78, 5) is 0. The molecule has 0 radical (unpaired) electrons. The van der Waals surface area contributed by atoms with Crippen LogP contribution in [0.2, 0.25) is 0 Å². The van der Waals surface area contributed by atoms with Crippen molar-refractivity contribution in [3.8, 4) is 11.5 Å². The third-order valence-corrected chi connectivity index (χ3v) is 2.92. The first-order valence-corrected chi connectivity index (χ1v) is 7.23. The highest BCUT2D eigenvalue weighted by Gasteiger charge is 2.11. The van der Waals surface area contributed by atoms with Crippen molar-refractivity contribution in [2.45, 2.75) is 45.8 Å². The predicted octanol–water partition coefficient (Wildman–Crippen LogP) is 2.78. The van der Waals surface area contributed by atoms with E-state index in [1.807, 2.05) is 39.0 Å². The second-order valence-electron chi connectivity index (χ2n) is 5.11. The van der Waals surface area contributed by atoms with Crippen molar-refractivity contribution in [2.24, 2.45) is 5.73 Å². The Morgan fingerprint density at radius 3 is 2.55 bits per heavy atom. The van der Waals surface area contributed by atoms with Gasteiger partial charge in [-0.2, -0.15) is 0 Å². The molecule has 1 aromatic rings. The molecule has 0 aliphatic rings. The van der Waals surface area contributed by atoms with Crippen LogP contribution in [0.5, 0.6) is 11.5 Å². The van der Waals surface area contributed by atoms with Gasteiger partial charge in [0.15, 0.2) is 11.5 Å². The minimum Gasteiger partial charge on any atom is -0.490 e. The largest absolute Gasteiger partial charge is 0.490 e. The van der Waals surface area contributed by atoms with Crippen molar-refractivity contribution in [2.75, 3.05) is 20.3 Å². The van der Waals surface area contributed by atoms with Crippen molar-refractivity contribution < 1.29 is 14.2 Å². The number of hydrogen-bond donors (Lipinski definition) is 1. The lowest BCUT2D eigenvalue weighted by molar-refractivity contribution is 0.132. The van der Waals surface area contributed by atoms with Crippen molar-refractivity contribution >= 4 is 0 Å². The van der Waals surface area contributed by atoms with E-state index in [4.69, 9.17) is 19.9 Å². The second kappa shape index (κ2) is 8.82. The van der Waals surface area contributed by atoms with Crippen LogP contribution in [0.25, 0.3) is 0 Å². The molecule has 1 rings (SSSR count). The summed E-state index contributed by atoms with van der Waals surface area (Å²) in [6, 6.07) is 6.17. The van der Waals surface area contributed by atoms with Gasteiger partial charge in [0, 0.05) is 26.2 Å². The first-order chi connectivity index (χ1) is 9.56. The number of rotatable bonds is 9. The van der Waals surface area contributed by atoms with E-state index in [1.165, 1.54) is 5.56 Å². The van der Waals surface area contributed by atoms with Gasteiger partial charge in [-0.1, -0.05) is 6.07 Å². The summed E-state index contributed by atoms with van der Waals surface area (Å²) in [6.07, 6.45) is 1.77. The van der Waals surface area contributed by atoms with E-state index in [2.05, 4.69) is 0 Å². The third-order valence-electron chi connectivity index (χ3n) is 2.92. The molecule has 0 aromatic heterocycles. The summed E-state index contributed by atoms with van der Waals surface area (Å²) in [6.45, 7) is 7.30. The van der Waals surface area contributed by atoms with Gasteiger partial charge in [-0.25, -0.2) is 0 Å². The number of methoxy groups -OCH3 is 1. The molecule has 0 amide bonds. The molecule has 0 aliphatic carbocycles. The van der Waals surface area contributed by atoms with Gasteiger partial charge in [0.05, 0.1) is 12.7 Å². The molecule has 0 bridgehead atoms. The van der Waals surface area contributed by atoms with E-state index in [0.29, 0.717) is 13.2 Å². The Morgan fingerprint density at radius 2 is 1.95 bits per heavy atom. The highest BCUT2D eigenvalue weighted by atomic mass is 16.5. The lowest BCUT2D eigenvalue weighted by atomic mass is 10.1. The van der Waals surface area contributed by atoms with Crippen LogP contribution >= 0.6 is 0 Å². The molecule has 0 heterocycles. The van der Waals surface area contributed by atoms with Gasteiger partial charge in [0.25, 0.3) is 0 Å². The molecule has 0 fully saturated rings. The fourth-order valence-electron chi connectivity index (χ4n) is 1.98. The van der Waals surface area contributed by atoms with Crippen LogP contribution in [0.1, 0.15) is 32.8 Å². The summed E-state index contributed by atoms with van der Waals surface area (Å²) in [5.41, 5.74) is 7.00. The summed E-state index contributed by atoms with van der Waals surface area (Å²) in [7, 11) is 1.70. The molecular weight excluding hydrogens is 254 g/mol. The standard InChI is InChI=1S/C16H27NO3/c1-5-19-16-11-14(10-12(2)17)6-7-15(16)20-13(3)8-9-18-4/h6-7,11-13H,5,8-10,17H2,1-4H3. The van der Waals surface area contributed by atoms with Gasteiger partial charge in [0.2, 0.25) is 0 Å².